The molecule has 14 heavy (non-hydrogen) atoms. The Balaban J connectivity index is 2.36. The highest BCUT2D eigenvalue weighted by atomic mass is 16.3. The highest BCUT2D eigenvalue weighted by Crippen LogP contribution is 2.20. The minimum atomic E-state index is -0.313. The van der Waals surface area contributed by atoms with Crippen LogP contribution < -0.4 is 5.32 Å². The molecule has 2 atom stereocenters. The molecule has 2 N–H and O–H groups in total. The Morgan fingerprint density at radius 3 is 2.50 bits per heavy atom. The average Bonchev–Trinajstić information content (AvgIpc) is 2.66. The van der Waals surface area contributed by atoms with E-state index in [4.69, 9.17) is 0 Å². The molecule has 2 heterocycles. The molecule has 2 rings (SSSR count). The van der Waals surface area contributed by atoms with Gasteiger partial charge in [0.05, 0.1) is 17.8 Å². The van der Waals surface area contributed by atoms with Gasteiger partial charge in [-0.3, -0.25) is 4.68 Å². The predicted octanol–water partition coefficient (Wildman–Crippen LogP) is 0.314. The van der Waals surface area contributed by atoms with Crippen molar-refractivity contribution in [3.8, 4) is 0 Å². The molecule has 0 saturated carbocycles. The van der Waals surface area contributed by atoms with E-state index in [2.05, 4.69) is 24.3 Å². The number of nitrogens with zero attached hydrogens (tertiary/aromatic N) is 2. The third-order valence-corrected chi connectivity index (χ3v) is 3.15. The third kappa shape index (κ3) is 1.35. The minimum absolute atomic E-state index is 0.0994. The van der Waals surface area contributed by atoms with Crippen molar-refractivity contribution in [1.29, 1.82) is 0 Å². The lowest BCUT2D eigenvalue weighted by Crippen LogP contribution is -2.24. The number of aryl methyl sites for hydroxylation is 1. The molecular weight excluding hydrogens is 178 g/mol. The zero-order valence-electron chi connectivity index (χ0n) is 8.91. The Labute approximate surface area is 83.9 Å². The maximum absolute atomic E-state index is 9.74. The Morgan fingerprint density at radius 1 is 1.36 bits per heavy atom. The Bertz CT molecular complexity index is 345. The second-order valence-electron chi connectivity index (χ2n) is 4.03. The van der Waals surface area contributed by atoms with Crippen LogP contribution in [0, 0.1) is 20.8 Å². The standard InChI is InChI=1S/C10H17N3O/c1-6-7(2)12-13(8(6)3)9-4-11-5-10(9)14/h9-11,14H,4-5H2,1-3H3/t9-,10-/m0/s1. The van der Waals surface area contributed by atoms with Gasteiger partial charge in [0.25, 0.3) is 0 Å². The summed E-state index contributed by atoms with van der Waals surface area (Å²) >= 11 is 0. The maximum atomic E-state index is 9.74. The normalized spacial score (nSPS) is 27.1. The highest BCUT2D eigenvalue weighted by molar-refractivity contribution is 5.23. The largest absolute Gasteiger partial charge is 0.390 e. The van der Waals surface area contributed by atoms with Crippen molar-refractivity contribution < 1.29 is 5.11 Å². The van der Waals surface area contributed by atoms with Crippen LogP contribution in [-0.2, 0) is 0 Å². The molecule has 4 heteroatoms. The van der Waals surface area contributed by atoms with E-state index in [0.29, 0.717) is 6.54 Å². The van der Waals surface area contributed by atoms with Crippen molar-refractivity contribution in [2.24, 2.45) is 0 Å². The van der Waals surface area contributed by atoms with Gasteiger partial charge in [0, 0.05) is 18.8 Å². The van der Waals surface area contributed by atoms with Crippen LogP contribution in [0.15, 0.2) is 0 Å². The first-order chi connectivity index (χ1) is 6.61. The fourth-order valence-corrected chi connectivity index (χ4v) is 1.97. The molecule has 0 amide bonds. The lowest BCUT2D eigenvalue weighted by Gasteiger charge is -2.15. The summed E-state index contributed by atoms with van der Waals surface area (Å²) in [5.41, 5.74) is 3.45. The van der Waals surface area contributed by atoms with E-state index in [-0.39, 0.29) is 12.1 Å². The van der Waals surface area contributed by atoms with E-state index in [1.807, 2.05) is 11.6 Å². The molecular formula is C10H17N3O. The van der Waals surface area contributed by atoms with Crippen molar-refractivity contribution in [3.63, 3.8) is 0 Å². The summed E-state index contributed by atoms with van der Waals surface area (Å²) < 4.78 is 1.95. The number of aromatic nitrogens is 2. The van der Waals surface area contributed by atoms with Gasteiger partial charge in [0.1, 0.15) is 0 Å². The number of rotatable bonds is 1. The molecule has 1 aromatic heterocycles. The van der Waals surface area contributed by atoms with Gasteiger partial charge in [-0.05, 0) is 26.3 Å². The van der Waals surface area contributed by atoms with Crippen LogP contribution in [0.5, 0.6) is 0 Å². The lowest BCUT2D eigenvalue weighted by molar-refractivity contribution is 0.143. The minimum Gasteiger partial charge on any atom is -0.390 e. The number of hydrogen-bond donors (Lipinski definition) is 2. The lowest BCUT2D eigenvalue weighted by atomic mass is 10.2. The van der Waals surface area contributed by atoms with Crippen molar-refractivity contribution in [1.82, 2.24) is 15.1 Å². The Kier molecular flexibility index (Phi) is 2.33. The smallest absolute Gasteiger partial charge is 0.0917 e. The van der Waals surface area contributed by atoms with Gasteiger partial charge in [-0.1, -0.05) is 0 Å². The van der Waals surface area contributed by atoms with Gasteiger partial charge in [-0.15, -0.1) is 0 Å². The third-order valence-electron chi connectivity index (χ3n) is 3.15. The van der Waals surface area contributed by atoms with Crippen molar-refractivity contribution in [3.05, 3.63) is 17.0 Å². The van der Waals surface area contributed by atoms with Crippen LogP contribution in [0.2, 0.25) is 0 Å². The topological polar surface area (TPSA) is 50.1 Å². The second kappa shape index (κ2) is 3.37. The molecule has 0 unspecified atom stereocenters. The van der Waals surface area contributed by atoms with E-state index >= 15 is 0 Å². The van der Waals surface area contributed by atoms with Crippen LogP contribution in [0.25, 0.3) is 0 Å². The predicted molar refractivity (Wildman–Crippen MR) is 54.4 cm³/mol. The quantitative estimate of drug-likeness (QED) is 0.678. The van der Waals surface area contributed by atoms with Gasteiger partial charge < -0.3 is 10.4 Å². The fourth-order valence-electron chi connectivity index (χ4n) is 1.97. The van der Waals surface area contributed by atoms with Gasteiger partial charge >= 0.3 is 0 Å². The van der Waals surface area contributed by atoms with Crippen LogP contribution in [0.3, 0.4) is 0 Å². The molecule has 1 fully saturated rings. The summed E-state index contributed by atoms with van der Waals surface area (Å²) in [6.07, 6.45) is -0.313. The SMILES string of the molecule is Cc1nn([C@H]2CNC[C@@H]2O)c(C)c1C. The Hall–Kier alpha value is -0.870. The maximum Gasteiger partial charge on any atom is 0.0917 e. The van der Waals surface area contributed by atoms with Gasteiger partial charge in [0.15, 0.2) is 0 Å². The first-order valence-electron chi connectivity index (χ1n) is 5.02. The summed E-state index contributed by atoms with van der Waals surface area (Å²) in [5, 5.41) is 17.4. The molecule has 0 bridgehead atoms. The molecule has 0 radical (unpaired) electrons. The van der Waals surface area contributed by atoms with Gasteiger partial charge in [0.2, 0.25) is 0 Å². The molecule has 1 saturated heterocycles. The van der Waals surface area contributed by atoms with Crippen LogP contribution >= 0.6 is 0 Å². The molecule has 78 valence electrons. The number of aliphatic hydroxyl groups is 1. The summed E-state index contributed by atoms with van der Waals surface area (Å²) in [6.45, 7) is 7.61. The van der Waals surface area contributed by atoms with Gasteiger partial charge in [-0.25, -0.2) is 0 Å². The fraction of sp³-hybridized carbons (Fsp3) is 0.700. The molecule has 1 aromatic rings. The first-order valence-corrected chi connectivity index (χ1v) is 5.02. The van der Waals surface area contributed by atoms with Crippen LogP contribution in [0.1, 0.15) is 23.0 Å². The summed E-state index contributed by atoms with van der Waals surface area (Å²) in [4.78, 5) is 0. The van der Waals surface area contributed by atoms with Crippen molar-refractivity contribution in [2.45, 2.75) is 32.9 Å². The Morgan fingerprint density at radius 2 is 2.07 bits per heavy atom. The summed E-state index contributed by atoms with van der Waals surface area (Å²) in [5.74, 6) is 0. The molecule has 1 aliphatic heterocycles. The second-order valence-corrected chi connectivity index (χ2v) is 4.03. The van der Waals surface area contributed by atoms with Crippen molar-refractivity contribution >= 4 is 0 Å². The van der Waals surface area contributed by atoms with E-state index in [9.17, 15) is 5.11 Å². The molecule has 0 aliphatic carbocycles. The molecule has 0 spiro atoms. The van der Waals surface area contributed by atoms with Crippen molar-refractivity contribution in [2.75, 3.05) is 13.1 Å². The zero-order valence-corrected chi connectivity index (χ0v) is 8.91. The number of hydrogen-bond acceptors (Lipinski definition) is 3. The zero-order chi connectivity index (χ0) is 10.3. The van der Waals surface area contributed by atoms with E-state index in [0.717, 1.165) is 17.9 Å². The molecule has 4 nitrogen and oxygen atoms in total. The number of aliphatic hydroxyl groups excluding tert-OH is 1. The van der Waals surface area contributed by atoms with E-state index in [1.54, 1.807) is 0 Å². The number of β-amino-alcohol motifs (C(OH)–C–C–N with tert-alkyl or cyclic N) is 1. The average molecular weight is 195 g/mol. The highest BCUT2D eigenvalue weighted by Gasteiger charge is 2.28. The van der Waals surface area contributed by atoms with E-state index < -0.39 is 0 Å². The summed E-state index contributed by atoms with van der Waals surface area (Å²) in [7, 11) is 0. The van der Waals surface area contributed by atoms with Crippen LogP contribution in [0.4, 0.5) is 0 Å². The molecule has 0 aromatic carbocycles. The number of nitrogens with one attached hydrogen (secondary N) is 1. The molecule has 1 aliphatic rings. The monoisotopic (exact) mass is 195 g/mol. The first kappa shape index (κ1) is 9.68. The van der Waals surface area contributed by atoms with Gasteiger partial charge in [-0.2, -0.15) is 5.10 Å². The summed E-state index contributed by atoms with van der Waals surface area (Å²) in [6, 6.07) is 0.0994. The van der Waals surface area contributed by atoms with E-state index in [1.165, 1.54) is 5.56 Å². The van der Waals surface area contributed by atoms with Crippen LogP contribution in [-0.4, -0.2) is 34.1 Å².